The summed E-state index contributed by atoms with van der Waals surface area (Å²) in [5.74, 6) is -0.778. The van der Waals surface area contributed by atoms with Gasteiger partial charge in [-0.05, 0) is 32.1 Å². The van der Waals surface area contributed by atoms with Crippen LogP contribution in [0.15, 0.2) is 0 Å². The van der Waals surface area contributed by atoms with Gasteiger partial charge in [0.25, 0.3) is 10.2 Å². The van der Waals surface area contributed by atoms with E-state index in [9.17, 15) is 18.3 Å². The molecule has 0 amide bonds. The first-order valence-electron chi connectivity index (χ1n) is 7.91. The van der Waals surface area contributed by atoms with Crippen LogP contribution in [0.25, 0.3) is 0 Å². The number of aliphatic carboxylic acids is 1. The van der Waals surface area contributed by atoms with Gasteiger partial charge in [0.2, 0.25) is 0 Å². The molecule has 21 heavy (non-hydrogen) atoms. The topological polar surface area (TPSA) is 77.9 Å². The Labute approximate surface area is 127 Å². The van der Waals surface area contributed by atoms with Gasteiger partial charge in [-0.25, -0.2) is 0 Å². The minimum absolute atomic E-state index is 0.325. The van der Waals surface area contributed by atoms with Gasteiger partial charge < -0.3 is 5.11 Å². The molecule has 2 fully saturated rings. The summed E-state index contributed by atoms with van der Waals surface area (Å²) in [6.07, 6.45) is 5.20. The molecule has 0 aliphatic carbocycles. The third-order valence-corrected chi connectivity index (χ3v) is 6.86. The fourth-order valence-corrected chi connectivity index (χ4v) is 5.14. The van der Waals surface area contributed by atoms with E-state index in [2.05, 4.69) is 0 Å². The molecule has 2 heterocycles. The van der Waals surface area contributed by atoms with Gasteiger partial charge in [-0.15, -0.1) is 0 Å². The summed E-state index contributed by atoms with van der Waals surface area (Å²) in [5.41, 5.74) is -0.733. The maximum absolute atomic E-state index is 12.6. The molecule has 0 radical (unpaired) electrons. The minimum Gasteiger partial charge on any atom is -0.481 e. The molecule has 0 aromatic rings. The van der Waals surface area contributed by atoms with E-state index < -0.39 is 21.6 Å². The second-order valence-corrected chi connectivity index (χ2v) is 8.13. The van der Waals surface area contributed by atoms with Crippen molar-refractivity contribution in [3.8, 4) is 0 Å². The largest absolute Gasteiger partial charge is 0.481 e. The van der Waals surface area contributed by atoms with E-state index in [-0.39, 0.29) is 0 Å². The number of nitrogens with zero attached hydrogens (tertiary/aromatic N) is 2. The zero-order valence-corrected chi connectivity index (χ0v) is 13.6. The molecule has 2 aliphatic rings. The first-order valence-corrected chi connectivity index (χ1v) is 9.31. The maximum atomic E-state index is 12.6. The quantitative estimate of drug-likeness (QED) is 0.836. The summed E-state index contributed by atoms with van der Waals surface area (Å²) >= 11 is 0. The smallest absolute Gasteiger partial charge is 0.309 e. The number of carboxylic acid groups (broad SMARTS) is 1. The van der Waals surface area contributed by atoms with Crippen LogP contribution in [-0.4, -0.2) is 54.3 Å². The molecule has 0 spiro atoms. The van der Waals surface area contributed by atoms with E-state index in [0.717, 1.165) is 25.7 Å². The predicted molar refractivity (Wildman–Crippen MR) is 80.1 cm³/mol. The van der Waals surface area contributed by atoms with Crippen molar-refractivity contribution < 1.29 is 18.3 Å². The molecule has 0 saturated carbocycles. The maximum Gasteiger partial charge on any atom is 0.309 e. The zero-order chi connectivity index (χ0) is 15.5. The highest BCUT2D eigenvalue weighted by molar-refractivity contribution is 7.86. The highest BCUT2D eigenvalue weighted by atomic mass is 32.2. The van der Waals surface area contributed by atoms with Crippen molar-refractivity contribution in [3.05, 3.63) is 0 Å². The Balaban J connectivity index is 2.04. The van der Waals surface area contributed by atoms with Crippen molar-refractivity contribution in [2.75, 3.05) is 26.2 Å². The van der Waals surface area contributed by atoms with Gasteiger partial charge in [-0.1, -0.05) is 19.8 Å². The molecule has 0 atom stereocenters. The monoisotopic (exact) mass is 318 g/mol. The SMILES string of the molecule is CCCC1(C(=O)O)CCN(S(=O)(=O)N2CCCCC2)CC1. The van der Waals surface area contributed by atoms with Crippen molar-refractivity contribution in [1.82, 2.24) is 8.61 Å². The highest BCUT2D eigenvalue weighted by Crippen LogP contribution is 2.37. The van der Waals surface area contributed by atoms with Crippen molar-refractivity contribution >= 4 is 16.2 Å². The number of rotatable bonds is 5. The molecule has 0 bridgehead atoms. The molecular weight excluding hydrogens is 292 g/mol. The van der Waals surface area contributed by atoms with Gasteiger partial charge in [0.1, 0.15) is 0 Å². The van der Waals surface area contributed by atoms with Crippen LogP contribution in [0.1, 0.15) is 51.9 Å². The molecule has 0 aromatic carbocycles. The molecule has 7 heteroatoms. The number of carboxylic acids is 1. The van der Waals surface area contributed by atoms with Crippen LogP contribution in [0.3, 0.4) is 0 Å². The average Bonchev–Trinajstić information content (AvgIpc) is 2.49. The van der Waals surface area contributed by atoms with Crippen LogP contribution in [-0.2, 0) is 15.0 Å². The number of piperidine rings is 2. The molecule has 1 N–H and O–H groups in total. The van der Waals surface area contributed by atoms with Gasteiger partial charge in [0.05, 0.1) is 5.41 Å². The van der Waals surface area contributed by atoms with Crippen LogP contribution in [0.4, 0.5) is 0 Å². The van der Waals surface area contributed by atoms with Gasteiger partial charge in [-0.2, -0.15) is 17.0 Å². The average molecular weight is 318 g/mol. The summed E-state index contributed by atoms with van der Waals surface area (Å²) in [4.78, 5) is 11.5. The number of carbonyl (C=O) groups is 1. The number of hydrogen-bond donors (Lipinski definition) is 1. The molecule has 6 nitrogen and oxygen atoms in total. The van der Waals surface area contributed by atoms with E-state index >= 15 is 0 Å². The van der Waals surface area contributed by atoms with Crippen LogP contribution in [0.5, 0.6) is 0 Å². The van der Waals surface area contributed by atoms with Crippen LogP contribution < -0.4 is 0 Å². The lowest BCUT2D eigenvalue weighted by atomic mass is 9.75. The van der Waals surface area contributed by atoms with Crippen LogP contribution >= 0.6 is 0 Å². The summed E-state index contributed by atoms with van der Waals surface area (Å²) < 4.78 is 28.2. The lowest BCUT2D eigenvalue weighted by Gasteiger charge is -2.40. The van der Waals surface area contributed by atoms with Crippen LogP contribution in [0, 0.1) is 5.41 Å². The molecular formula is C14H26N2O4S. The standard InChI is InChI=1S/C14H26N2O4S/c1-2-6-14(13(17)18)7-11-16(12-8-14)21(19,20)15-9-4-3-5-10-15/h2-12H2,1H3,(H,17,18). The first-order chi connectivity index (χ1) is 9.92. The van der Waals surface area contributed by atoms with E-state index in [4.69, 9.17) is 0 Å². The summed E-state index contributed by atoms with van der Waals surface area (Å²) in [6, 6.07) is 0. The minimum atomic E-state index is -3.40. The normalized spacial score (nSPS) is 24.8. The zero-order valence-electron chi connectivity index (χ0n) is 12.8. The summed E-state index contributed by atoms with van der Waals surface area (Å²) in [5, 5.41) is 9.48. The molecule has 2 rings (SSSR count). The third-order valence-electron chi connectivity index (χ3n) is 4.83. The molecule has 2 aliphatic heterocycles. The predicted octanol–water partition coefficient (Wildman–Crippen LogP) is 1.68. The van der Waals surface area contributed by atoms with Crippen molar-refractivity contribution in [3.63, 3.8) is 0 Å². The lowest BCUT2D eigenvalue weighted by Crippen LogP contribution is -2.52. The molecule has 122 valence electrons. The summed E-state index contributed by atoms with van der Waals surface area (Å²) in [7, 11) is -3.40. The Bertz CT molecular complexity index is 463. The van der Waals surface area contributed by atoms with Crippen molar-refractivity contribution in [1.29, 1.82) is 0 Å². The van der Waals surface area contributed by atoms with Gasteiger partial charge in [0, 0.05) is 26.2 Å². The molecule has 0 aromatic heterocycles. The van der Waals surface area contributed by atoms with Crippen LogP contribution in [0.2, 0.25) is 0 Å². The number of hydrogen-bond acceptors (Lipinski definition) is 3. The Morgan fingerprint density at radius 1 is 1.05 bits per heavy atom. The fraction of sp³-hybridized carbons (Fsp3) is 0.929. The van der Waals surface area contributed by atoms with Crippen molar-refractivity contribution in [2.45, 2.75) is 51.9 Å². The second-order valence-electron chi connectivity index (χ2n) is 6.20. The second kappa shape index (κ2) is 6.62. The molecule has 0 unspecified atom stereocenters. The van der Waals surface area contributed by atoms with Crippen molar-refractivity contribution in [2.24, 2.45) is 5.41 Å². The van der Waals surface area contributed by atoms with Gasteiger partial charge >= 0.3 is 5.97 Å². The van der Waals surface area contributed by atoms with Gasteiger partial charge in [0.15, 0.2) is 0 Å². The molecule has 2 saturated heterocycles. The third kappa shape index (κ3) is 3.40. The highest BCUT2D eigenvalue weighted by Gasteiger charge is 2.44. The van der Waals surface area contributed by atoms with E-state index in [0.29, 0.717) is 45.4 Å². The Morgan fingerprint density at radius 2 is 1.57 bits per heavy atom. The Hall–Kier alpha value is -0.660. The summed E-state index contributed by atoms with van der Waals surface area (Å²) in [6.45, 7) is 3.81. The van der Waals surface area contributed by atoms with E-state index in [1.54, 1.807) is 4.31 Å². The lowest BCUT2D eigenvalue weighted by molar-refractivity contribution is -0.152. The van der Waals surface area contributed by atoms with E-state index in [1.165, 1.54) is 4.31 Å². The Morgan fingerprint density at radius 3 is 2.05 bits per heavy atom. The van der Waals surface area contributed by atoms with Gasteiger partial charge in [-0.3, -0.25) is 4.79 Å². The van der Waals surface area contributed by atoms with E-state index in [1.807, 2.05) is 6.92 Å². The first kappa shape index (κ1) is 16.7. The Kier molecular flexibility index (Phi) is 5.27. The fourth-order valence-electron chi connectivity index (χ4n) is 3.45.